The second kappa shape index (κ2) is 5.58. The van der Waals surface area contributed by atoms with Crippen molar-refractivity contribution >= 4 is 0 Å². The van der Waals surface area contributed by atoms with Crippen molar-refractivity contribution in [3.05, 3.63) is 0 Å². The molecular weight excluding hydrogens is 246 g/mol. The van der Waals surface area contributed by atoms with E-state index in [2.05, 4.69) is 23.6 Å². The maximum atomic E-state index is 6.23. The zero-order chi connectivity index (χ0) is 14.2. The summed E-state index contributed by atoms with van der Waals surface area (Å²) in [6.45, 7) is 12.1. The van der Waals surface area contributed by atoms with Gasteiger partial charge in [0.1, 0.15) is 0 Å². The Bertz CT molecular complexity index is 317. The van der Waals surface area contributed by atoms with E-state index in [1.165, 1.54) is 71.2 Å². The number of hydrogen-bond acceptors (Lipinski definition) is 3. The summed E-state index contributed by atoms with van der Waals surface area (Å²) in [6.07, 6.45) is 8.24. The summed E-state index contributed by atoms with van der Waals surface area (Å²) in [7, 11) is 0. The second-order valence-electron chi connectivity index (χ2n) is 8.32. The monoisotopic (exact) mass is 279 g/mol. The van der Waals surface area contributed by atoms with Crippen molar-refractivity contribution in [2.75, 3.05) is 39.3 Å². The van der Waals surface area contributed by atoms with E-state index in [4.69, 9.17) is 5.73 Å². The Kier molecular flexibility index (Phi) is 4.13. The van der Waals surface area contributed by atoms with E-state index < -0.39 is 0 Å². The van der Waals surface area contributed by atoms with Crippen LogP contribution in [0.3, 0.4) is 0 Å². The number of hydrogen-bond donors (Lipinski definition) is 1. The van der Waals surface area contributed by atoms with Crippen molar-refractivity contribution in [2.45, 2.75) is 57.9 Å². The zero-order valence-electron chi connectivity index (χ0n) is 13.5. The molecule has 1 heterocycles. The van der Waals surface area contributed by atoms with Crippen molar-refractivity contribution < 1.29 is 0 Å². The average Bonchev–Trinajstić information content (AvgIpc) is 3.25. The van der Waals surface area contributed by atoms with Gasteiger partial charge in [-0.05, 0) is 49.9 Å². The Hall–Kier alpha value is -0.120. The van der Waals surface area contributed by atoms with Crippen LogP contribution in [0.4, 0.5) is 0 Å². The van der Waals surface area contributed by atoms with Crippen LogP contribution in [0, 0.1) is 11.3 Å². The maximum absolute atomic E-state index is 6.23. The van der Waals surface area contributed by atoms with Crippen LogP contribution in [0.25, 0.3) is 0 Å². The molecule has 116 valence electrons. The molecule has 0 aromatic heterocycles. The lowest BCUT2D eigenvalue weighted by Gasteiger charge is -2.52. The molecule has 0 bridgehead atoms. The molecule has 0 atom stereocenters. The van der Waals surface area contributed by atoms with Crippen LogP contribution < -0.4 is 5.73 Å². The smallest absolute Gasteiger partial charge is 0.0333 e. The highest BCUT2D eigenvalue weighted by Crippen LogP contribution is 2.43. The number of rotatable bonds is 4. The van der Waals surface area contributed by atoms with Gasteiger partial charge >= 0.3 is 0 Å². The molecule has 3 aliphatic rings. The van der Waals surface area contributed by atoms with Gasteiger partial charge in [0.15, 0.2) is 0 Å². The summed E-state index contributed by atoms with van der Waals surface area (Å²) in [5, 5.41) is 0. The van der Waals surface area contributed by atoms with Gasteiger partial charge in [0, 0.05) is 44.8 Å². The highest BCUT2D eigenvalue weighted by molar-refractivity contribution is 4.99. The molecule has 2 aliphatic carbocycles. The molecule has 0 radical (unpaired) electrons. The Balaban J connectivity index is 1.54. The summed E-state index contributed by atoms with van der Waals surface area (Å²) < 4.78 is 0. The molecule has 3 rings (SSSR count). The molecule has 1 saturated heterocycles. The quantitative estimate of drug-likeness (QED) is 0.857. The highest BCUT2D eigenvalue weighted by Gasteiger charge is 2.42. The predicted octanol–water partition coefficient (Wildman–Crippen LogP) is 2.31. The van der Waals surface area contributed by atoms with Gasteiger partial charge in [0.2, 0.25) is 0 Å². The van der Waals surface area contributed by atoms with Crippen molar-refractivity contribution in [3.8, 4) is 0 Å². The molecule has 0 aromatic rings. The molecule has 0 aromatic carbocycles. The summed E-state index contributed by atoms with van der Waals surface area (Å²) in [5.74, 6) is 1.03. The standard InChI is InChI=1S/C17H33N3/c1-16(2)5-7-17(14-18,8-6-16)20-11-9-19(10-12-20)13-15-3-4-15/h15H,3-14,18H2,1-2H3. The Labute approximate surface area is 124 Å². The fourth-order valence-electron chi connectivity index (χ4n) is 4.11. The molecule has 2 N–H and O–H groups in total. The van der Waals surface area contributed by atoms with Crippen molar-refractivity contribution in [3.63, 3.8) is 0 Å². The average molecular weight is 279 g/mol. The third kappa shape index (κ3) is 3.20. The van der Waals surface area contributed by atoms with Gasteiger partial charge in [-0.3, -0.25) is 4.90 Å². The van der Waals surface area contributed by atoms with Crippen LogP contribution in [-0.2, 0) is 0 Å². The van der Waals surface area contributed by atoms with E-state index in [1.54, 1.807) is 0 Å². The molecule has 0 spiro atoms. The molecule has 0 amide bonds. The molecule has 3 fully saturated rings. The first-order valence-electron chi connectivity index (χ1n) is 8.71. The van der Waals surface area contributed by atoms with Gasteiger partial charge in [0.05, 0.1) is 0 Å². The Morgan fingerprint density at radius 3 is 2.05 bits per heavy atom. The normalized spacial score (nSPS) is 31.4. The molecule has 3 heteroatoms. The van der Waals surface area contributed by atoms with E-state index in [0.29, 0.717) is 11.0 Å². The SMILES string of the molecule is CC1(C)CCC(CN)(N2CCN(CC3CC3)CC2)CC1. The third-order valence-corrected chi connectivity index (χ3v) is 6.17. The largest absolute Gasteiger partial charge is 0.329 e. The zero-order valence-corrected chi connectivity index (χ0v) is 13.5. The minimum atomic E-state index is 0.321. The first-order valence-corrected chi connectivity index (χ1v) is 8.71. The van der Waals surface area contributed by atoms with Crippen LogP contribution in [0.1, 0.15) is 52.4 Å². The van der Waals surface area contributed by atoms with Crippen molar-refractivity contribution in [1.29, 1.82) is 0 Å². The van der Waals surface area contributed by atoms with Crippen LogP contribution in [-0.4, -0.2) is 54.6 Å². The summed E-state index contributed by atoms with van der Waals surface area (Å²) in [4.78, 5) is 5.43. The van der Waals surface area contributed by atoms with E-state index in [1.807, 2.05) is 0 Å². The lowest BCUT2D eigenvalue weighted by Crippen LogP contribution is -2.61. The minimum absolute atomic E-state index is 0.321. The van der Waals surface area contributed by atoms with Gasteiger partial charge in [-0.2, -0.15) is 0 Å². The predicted molar refractivity (Wildman–Crippen MR) is 84.8 cm³/mol. The van der Waals surface area contributed by atoms with E-state index in [-0.39, 0.29) is 0 Å². The number of nitrogens with two attached hydrogens (primary N) is 1. The summed E-state index contributed by atoms with van der Waals surface area (Å²) in [6, 6.07) is 0. The fraction of sp³-hybridized carbons (Fsp3) is 1.00. The van der Waals surface area contributed by atoms with E-state index >= 15 is 0 Å². The van der Waals surface area contributed by atoms with Crippen LogP contribution in [0.15, 0.2) is 0 Å². The lowest BCUT2D eigenvalue weighted by atomic mass is 9.68. The van der Waals surface area contributed by atoms with Crippen molar-refractivity contribution in [2.24, 2.45) is 17.1 Å². The van der Waals surface area contributed by atoms with Gasteiger partial charge in [-0.25, -0.2) is 0 Å². The van der Waals surface area contributed by atoms with Crippen LogP contribution in [0.2, 0.25) is 0 Å². The van der Waals surface area contributed by atoms with Gasteiger partial charge in [0.25, 0.3) is 0 Å². The minimum Gasteiger partial charge on any atom is -0.329 e. The van der Waals surface area contributed by atoms with Crippen LogP contribution >= 0.6 is 0 Å². The second-order valence-corrected chi connectivity index (χ2v) is 8.32. The number of piperazine rings is 1. The first kappa shape index (κ1) is 14.8. The van der Waals surface area contributed by atoms with Crippen molar-refractivity contribution in [1.82, 2.24) is 9.80 Å². The van der Waals surface area contributed by atoms with Gasteiger partial charge in [-0.15, -0.1) is 0 Å². The van der Waals surface area contributed by atoms with E-state index in [0.717, 1.165) is 12.5 Å². The lowest BCUT2D eigenvalue weighted by molar-refractivity contribution is -0.00956. The molecular formula is C17H33N3. The molecule has 2 saturated carbocycles. The topological polar surface area (TPSA) is 32.5 Å². The van der Waals surface area contributed by atoms with Crippen LogP contribution in [0.5, 0.6) is 0 Å². The molecule has 20 heavy (non-hydrogen) atoms. The summed E-state index contributed by atoms with van der Waals surface area (Å²) in [5.41, 5.74) is 7.08. The third-order valence-electron chi connectivity index (χ3n) is 6.17. The van der Waals surface area contributed by atoms with Gasteiger partial charge < -0.3 is 10.6 Å². The Morgan fingerprint density at radius 2 is 1.55 bits per heavy atom. The molecule has 3 nitrogen and oxygen atoms in total. The van der Waals surface area contributed by atoms with Gasteiger partial charge in [-0.1, -0.05) is 13.8 Å². The number of nitrogens with zero attached hydrogens (tertiary/aromatic N) is 2. The highest BCUT2D eigenvalue weighted by atomic mass is 15.3. The van der Waals surface area contributed by atoms with E-state index in [9.17, 15) is 0 Å². The fourth-order valence-corrected chi connectivity index (χ4v) is 4.11. The maximum Gasteiger partial charge on any atom is 0.0333 e. The molecule has 0 unspecified atom stereocenters. The first-order chi connectivity index (χ1) is 9.53. The Morgan fingerprint density at radius 1 is 0.950 bits per heavy atom. The summed E-state index contributed by atoms with van der Waals surface area (Å²) >= 11 is 0. The molecule has 1 aliphatic heterocycles.